The molecular formula is C26H31BN4O. The molecule has 1 N–H and O–H groups in total. The molecule has 6 heteroatoms. The molecule has 0 spiro atoms. The second-order valence-electron chi connectivity index (χ2n) is 8.79. The van der Waals surface area contributed by atoms with Crippen molar-refractivity contribution < 1.29 is 4.79 Å². The predicted molar refractivity (Wildman–Crippen MR) is 136 cm³/mol. The van der Waals surface area contributed by atoms with Crippen LogP contribution in [0.3, 0.4) is 0 Å². The van der Waals surface area contributed by atoms with Gasteiger partial charge >= 0.3 is 0 Å². The number of amides is 1. The number of piperidine rings is 1. The molecule has 32 heavy (non-hydrogen) atoms. The number of anilines is 2. The molecule has 0 saturated carbocycles. The van der Waals surface area contributed by atoms with E-state index in [1.807, 2.05) is 45.0 Å². The Bertz CT molecular complexity index is 1080. The minimum absolute atomic E-state index is 0.108. The van der Waals surface area contributed by atoms with Crippen LogP contribution in [-0.2, 0) is 6.54 Å². The minimum Gasteiger partial charge on any atom is -0.363 e. The molecule has 1 aliphatic rings. The van der Waals surface area contributed by atoms with E-state index in [4.69, 9.17) is 0 Å². The zero-order valence-electron chi connectivity index (χ0n) is 19.3. The Morgan fingerprint density at radius 1 is 1.06 bits per heavy atom. The molecule has 0 unspecified atom stereocenters. The van der Waals surface area contributed by atoms with E-state index >= 15 is 0 Å². The second kappa shape index (κ2) is 10.0. The summed E-state index contributed by atoms with van der Waals surface area (Å²) in [6.07, 6.45) is 5.52. The highest BCUT2D eigenvalue weighted by molar-refractivity contribution is 6.35. The van der Waals surface area contributed by atoms with Gasteiger partial charge in [0.25, 0.3) is 5.91 Å². The van der Waals surface area contributed by atoms with Crippen LogP contribution in [0.25, 0.3) is 11.1 Å². The van der Waals surface area contributed by atoms with Crippen molar-refractivity contribution in [2.75, 3.05) is 37.4 Å². The van der Waals surface area contributed by atoms with Gasteiger partial charge in [-0.2, -0.15) is 0 Å². The highest BCUT2D eigenvalue weighted by Gasteiger charge is 2.16. The highest BCUT2D eigenvalue weighted by atomic mass is 16.1. The first-order valence-electron chi connectivity index (χ1n) is 11.4. The van der Waals surface area contributed by atoms with E-state index in [-0.39, 0.29) is 5.91 Å². The SMILES string of the molecule is Bc1cc(NC(=O)c2ccc(-c3ccccc3)c(CN3CCCCC3)c2)cnc1N(C)C. The second-order valence-corrected chi connectivity index (χ2v) is 8.79. The summed E-state index contributed by atoms with van der Waals surface area (Å²) in [5.41, 5.74) is 5.99. The highest BCUT2D eigenvalue weighted by Crippen LogP contribution is 2.27. The van der Waals surface area contributed by atoms with Crippen molar-refractivity contribution >= 4 is 30.7 Å². The van der Waals surface area contributed by atoms with Crippen molar-refractivity contribution in [3.8, 4) is 11.1 Å². The van der Waals surface area contributed by atoms with Gasteiger partial charge in [0.05, 0.1) is 11.9 Å². The Morgan fingerprint density at radius 2 is 1.81 bits per heavy atom. The average molecular weight is 426 g/mol. The molecule has 0 bridgehead atoms. The number of pyridine rings is 1. The molecule has 0 radical (unpaired) electrons. The monoisotopic (exact) mass is 426 g/mol. The van der Waals surface area contributed by atoms with E-state index < -0.39 is 0 Å². The van der Waals surface area contributed by atoms with Gasteiger partial charge in [0.2, 0.25) is 0 Å². The molecule has 0 aliphatic carbocycles. The first-order chi connectivity index (χ1) is 15.5. The Hall–Kier alpha value is -3.12. The zero-order valence-corrected chi connectivity index (χ0v) is 19.3. The predicted octanol–water partition coefficient (Wildman–Crippen LogP) is 3.31. The van der Waals surface area contributed by atoms with Gasteiger partial charge in [-0.3, -0.25) is 9.69 Å². The lowest BCUT2D eigenvalue weighted by Crippen LogP contribution is -2.29. The van der Waals surface area contributed by atoms with Gasteiger partial charge in [-0.05, 0) is 66.3 Å². The van der Waals surface area contributed by atoms with Gasteiger partial charge in [-0.15, -0.1) is 0 Å². The largest absolute Gasteiger partial charge is 0.363 e. The van der Waals surface area contributed by atoms with Gasteiger partial charge in [0.15, 0.2) is 0 Å². The summed E-state index contributed by atoms with van der Waals surface area (Å²) in [6, 6.07) is 18.5. The third-order valence-electron chi connectivity index (χ3n) is 6.03. The number of carbonyl (C=O) groups is 1. The van der Waals surface area contributed by atoms with Crippen LogP contribution in [0.15, 0.2) is 60.8 Å². The molecule has 164 valence electrons. The van der Waals surface area contributed by atoms with E-state index in [1.165, 1.54) is 36.0 Å². The number of aromatic nitrogens is 1. The van der Waals surface area contributed by atoms with Crippen molar-refractivity contribution in [2.24, 2.45) is 0 Å². The molecule has 1 saturated heterocycles. The van der Waals surface area contributed by atoms with Crippen LogP contribution in [0.2, 0.25) is 0 Å². The van der Waals surface area contributed by atoms with Crippen LogP contribution in [-0.4, -0.2) is 50.8 Å². The summed E-state index contributed by atoms with van der Waals surface area (Å²) < 4.78 is 0. The first-order valence-corrected chi connectivity index (χ1v) is 11.4. The number of nitrogens with zero attached hydrogens (tertiary/aromatic N) is 3. The smallest absolute Gasteiger partial charge is 0.255 e. The Balaban J connectivity index is 1.60. The number of nitrogens with one attached hydrogen (secondary N) is 1. The maximum Gasteiger partial charge on any atom is 0.255 e. The standard InChI is InChI=1S/C26H31BN4O/c1-30(2)25-24(27)16-22(17-28-25)29-26(32)20-11-12-23(19-9-5-3-6-10-19)21(15-20)18-31-13-7-4-8-14-31/h3,5-6,9-12,15-17H,4,7-8,13-14,18,27H2,1-2H3,(H,29,32). The molecule has 5 nitrogen and oxygen atoms in total. The number of rotatable bonds is 6. The molecule has 4 rings (SSSR count). The minimum atomic E-state index is -0.108. The number of hydrogen-bond acceptors (Lipinski definition) is 4. The lowest BCUT2D eigenvalue weighted by molar-refractivity contribution is 0.102. The van der Waals surface area contributed by atoms with E-state index in [0.29, 0.717) is 11.3 Å². The molecule has 2 heterocycles. The summed E-state index contributed by atoms with van der Waals surface area (Å²) in [6.45, 7) is 3.10. The Kier molecular flexibility index (Phi) is 6.91. The van der Waals surface area contributed by atoms with Gasteiger partial charge in [-0.1, -0.05) is 42.8 Å². The van der Waals surface area contributed by atoms with Crippen LogP contribution in [0, 0.1) is 0 Å². The quantitative estimate of drug-likeness (QED) is 0.615. The molecule has 1 amide bonds. The number of carbonyl (C=O) groups excluding carboxylic acids is 1. The third-order valence-corrected chi connectivity index (χ3v) is 6.03. The van der Waals surface area contributed by atoms with E-state index in [1.54, 1.807) is 6.20 Å². The normalized spacial score (nSPS) is 14.2. The molecule has 0 atom stereocenters. The van der Waals surface area contributed by atoms with Crippen molar-refractivity contribution in [2.45, 2.75) is 25.8 Å². The zero-order chi connectivity index (χ0) is 22.5. The fourth-order valence-electron chi connectivity index (χ4n) is 4.43. The van der Waals surface area contributed by atoms with Crippen molar-refractivity contribution in [3.63, 3.8) is 0 Å². The van der Waals surface area contributed by atoms with E-state index in [2.05, 4.69) is 51.6 Å². The number of benzene rings is 2. The van der Waals surface area contributed by atoms with Gasteiger partial charge < -0.3 is 10.2 Å². The number of hydrogen-bond donors (Lipinski definition) is 1. The lowest BCUT2D eigenvalue weighted by atomic mass is 9.95. The summed E-state index contributed by atoms with van der Waals surface area (Å²) in [7, 11) is 5.93. The van der Waals surface area contributed by atoms with Crippen LogP contribution < -0.4 is 15.7 Å². The number of likely N-dealkylation sites (tertiary alicyclic amines) is 1. The molecule has 3 aromatic rings. The van der Waals surface area contributed by atoms with Gasteiger partial charge in [-0.25, -0.2) is 4.98 Å². The van der Waals surface area contributed by atoms with Crippen LogP contribution in [0.1, 0.15) is 35.2 Å². The third kappa shape index (κ3) is 5.20. The van der Waals surface area contributed by atoms with Crippen LogP contribution in [0.5, 0.6) is 0 Å². The molecule has 1 aromatic heterocycles. The van der Waals surface area contributed by atoms with Gasteiger partial charge in [0.1, 0.15) is 13.7 Å². The first kappa shape index (κ1) is 22.1. The van der Waals surface area contributed by atoms with Crippen LogP contribution >= 0.6 is 0 Å². The topological polar surface area (TPSA) is 48.5 Å². The summed E-state index contributed by atoms with van der Waals surface area (Å²) in [4.78, 5) is 22.0. The molecule has 2 aromatic carbocycles. The molecular weight excluding hydrogens is 395 g/mol. The van der Waals surface area contributed by atoms with Crippen molar-refractivity contribution in [3.05, 3.63) is 71.9 Å². The Labute approximate surface area is 191 Å². The molecule has 1 fully saturated rings. The summed E-state index contributed by atoms with van der Waals surface area (Å²) in [5.74, 6) is 0.794. The fourth-order valence-corrected chi connectivity index (χ4v) is 4.43. The van der Waals surface area contributed by atoms with Gasteiger partial charge in [0, 0.05) is 26.2 Å². The van der Waals surface area contributed by atoms with Crippen molar-refractivity contribution in [1.29, 1.82) is 0 Å². The summed E-state index contributed by atoms with van der Waals surface area (Å²) in [5, 5.41) is 3.02. The van der Waals surface area contributed by atoms with Crippen LogP contribution in [0.4, 0.5) is 11.5 Å². The maximum absolute atomic E-state index is 13.1. The lowest BCUT2D eigenvalue weighted by Gasteiger charge is -2.27. The maximum atomic E-state index is 13.1. The fraction of sp³-hybridized carbons (Fsp3) is 0.308. The molecule has 1 aliphatic heterocycles. The van der Waals surface area contributed by atoms with E-state index in [9.17, 15) is 4.79 Å². The average Bonchev–Trinajstić information content (AvgIpc) is 2.80. The van der Waals surface area contributed by atoms with E-state index in [0.717, 1.165) is 30.9 Å². The van der Waals surface area contributed by atoms with Crippen molar-refractivity contribution in [1.82, 2.24) is 9.88 Å². The Morgan fingerprint density at radius 3 is 2.50 bits per heavy atom. The summed E-state index contributed by atoms with van der Waals surface area (Å²) >= 11 is 0.